The monoisotopic (exact) mass is 460 g/mol. The summed E-state index contributed by atoms with van der Waals surface area (Å²) >= 11 is 0. The molecule has 9 heteroatoms. The van der Waals surface area contributed by atoms with E-state index in [0.29, 0.717) is 29.0 Å². The number of anilines is 1. The van der Waals surface area contributed by atoms with Gasteiger partial charge in [0.15, 0.2) is 0 Å². The molecule has 1 fully saturated rings. The molecule has 2 aromatic rings. The number of ether oxygens (including phenoxy) is 2. The second kappa shape index (κ2) is 10.8. The molecular weight excluding hydrogens is 427 g/mol. The number of piperazine rings is 1. The van der Waals surface area contributed by atoms with Crippen LogP contribution in [0.5, 0.6) is 0 Å². The number of hydrogen-bond donors (Lipinski definition) is 2. The van der Waals surface area contributed by atoms with E-state index in [1.807, 2.05) is 6.92 Å². The van der Waals surface area contributed by atoms with Crippen molar-refractivity contribution in [3.63, 3.8) is 0 Å². The second-order valence-corrected chi connectivity index (χ2v) is 8.44. The third-order valence-electron chi connectivity index (χ3n) is 6.04. The highest BCUT2D eigenvalue weighted by atomic mass is 19.1. The van der Waals surface area contributed by atoms with Crippen molar-refractivity contribution in [1.29, 1.82) is 0 Å². The van der Waals surface area contributed by atoms with E-state index in [0.717, 1.165) is 31.9 Å². The Balaban J connectivity index is 1.78. The van der Waals surface area contributed by atoms with Crippen LogP contribution in [0.15, 0.2) is 18.2 Å². The van der Waals surface area contributed by atoms with Crippen LogP contribution in [0, 0.1) is 19.7 Å². The average molecular weight is 461 g/mol. The molecule has 2 N–H and O–H groups in total. The number of methoxy groups -OCH3 is 1. The van der Waals surface area contributed by atoms with Crippen molar-refractivity contribution in [2.45, 2.75) is 26.8 Å². The first-order valence-electron chi connectivity index (χ1n) is 11.1. The van der Waals surface area contributed by atoms with Crippen LogP contribution in [-0.4, -0.2) is 75.3 Å². The Kier molecular flexibility index (Phi) is 8.10. The average Bonchev–Trinajstić information content (AvgIpc) is 3.08. The number of amides is 1. The Morgan fingerprint density at radius 1 is 1.18 bits per heavy atom. The number of aryl methyl sites for hydroxylation is 1. The summed E-state index contributed by atoms with van der Waals surface area (Å²) in [7, 11) is 3.60. The molecule has 1 atom stereocenters. The molecule has 0 spiro atoms. The molecule has 1 saturated heterocycles. The van der Waals surface area contributed by atoms with Crippen LogP contribution in [0.3, 0.4) is 0 Å². The molecule has 2 heterocycles. The minimum atomic E-state index is -0.507. The van der Waals surface area contributed by atoms with Crippen LogP contribution >= 0.6 is 0 Å². The largest absolute Gasteiger partial charge is 0.460 e. The Morgan fingerprint density at radius 3 is 2.55 bits per heavy atom. The van der Waals surface area contributed by atoms with Crippen molar-refractivity contribution in [3.05, 3.63) is 52.1 Å². The van der Waals surface area contributed by atoms with Gasteiger partial charge in [0.25, 0.3) is 5.91 Å². The molecule has 1 aromatic heterocycles. The SMILES string of the molecule is COCCOC(=O)c1c(C)[nH]c(C(=O)NC(C)c2cc(F)ccc2N2CCN(C)CC2)c1C. The maximum atomic E-state index is 14.1. The third-order valence-corrected chi connectivity index (χ3v) is 6.04. The maximum Gasteiger partial charge on any atom is 0.340 e. The van der Waals surface area contributed by atoms with Gasteiger partial charge in [0.05, 0.1) is 18.2 Å². The summed E-state index contributed by atoms with van der Waals surface area (Å²) in [5, 5.41) is 2.95. The summed E-state index contributed by atoms with van der Waals surface area (Å²) in [4.78, 5) is 33.0. The quantitative estimate of drug-likeness (QED) is 0.465. The number of benzene rings is 1. The Labute approximate surface area is 194 Å². The van der Waals surface area contributed by atoms with E-state index in [1.54, 1.807) is 19.9 Å². The molecule has 1 amide bonds. The van der Waals surface area contributed by atoms with E-state index in [4.69, 9.17) is 9.47 Å². The van der Waals surface area contributed by atoms with Crippen LogP contribution in [0.1, 0.15) is 50.6 Å². The minimum Gasteiger partial charge on any atom is -0.460 e. The van der Waals surface area contributed by atoms with Crippen LogP contribution < -0.4 is 10.2 Å². The number of likely N-dealkylation sites (N-methyl/N-ethyl adjacent to an activating group) is 1. The van der Waals surface area contributed by atoms with E-state index >= 15 is 0 Å². The molecule has 0 aliphatic carbocycles. The molecule has 0 bridgehead atoms. The van der Waals surface area contributed by atoms with Gasteiger partial charge >= 0.3 is 5.97 Å². The number of carbonyl (C=O) groups excluding carboxylic acids is 2. The smallest absolute Gasteiger partial charge is 0.340 e. The van der Waals surface area contributed by atoms with Crippen LogP contribution in [0.2, 0.25) is 0 Å². The van der Waals surface area contributed by atoms with Gasteiger partial charge in [0.1, 0.15) is 18.1 Å². The summed E-state index contributed by atoms with van der Waals surface area (Å²) in [6, 6.07) is 4.26. The zero-order valence-electron chi connectivity index (χ0n) is 20.0. The molecule has 8 nitrogen and oxygen atoms in total. The molecule has 3 rings (SSSR count). The fourth-order valence-corrected chi connectivity index (χ4v) is 4.13. The molecular formula is C24H33FN4O4. The van der Waals surface area contributed by atoms with Gasteiger partial charge < -0.3 is 29.6 Å². The molecule has 1 unspecified atom stereocenters. The highest BCUT2D eigenvalue weighted by Crippen LogP contribution is 2.29. The highest BCUT2D eigenvalue weighted by molar-refractivity contribution is 6.00. The lowest BCUT2D eigenvalue weighted by molar-refractivity contribution is 0.0386. The van der Waals surface area contributed by atoms with Crippen molar-refractivity contribution in [2.75, 3.05) is 58.5 Å². The maximum absolute atomic E-state index is 14.1. The predicted octanol–water partition coefficient (Wildman–Crippen LogP) is 2.82. The summed E-state index contributed by atoms with van der Waals surface area (Å²) in [6.07, 6.45) is 0. The fraction of sp³-hybridized carbons (Fsp3) is 0.500. The molecule has 1 aliphatic heterocycles. The van der Waals surface area contributed by atoms with E-state index in [-0.39, 0.29) is 24.0 Å². The number of carbonyl (C=O) groups is 2. The van der Waals surface area contributed by atoms with Gasteiger partial charge in [-0.2, -0.15) is 0 Å². The van der Waals surface area contributed by atoms with E-state index < -0.39 is 12.0 Å². The number of hydrogen-bond acceptors (Lipinski definition) is 6. The van der Waals surface area contributed by atoms with Crippen LogP contribution in [-0.2, 0) is 9.47 Å². The molecule has 33 heavy (non-hydrogen) atoms. The third kappa shape index (κ3) is 5.72. The minimum absolute atomic E-state index is 0.132. The number of aromatic nitrogens is 1. The second-order valence-electron chi connectivity index (χ2n) is 8.44. The van der Waals surface area contributed by atoms with E-state index in [1.165, 1.54) is 19.2 Å². The normalized spacial score (nSPS) is 15.4. The zero-order valence-corrected chi connectivity index (χ0v) is 20.0. The van der Waals surface area contributed by atoms with Gasteiger partial charge in [-0.3, -0.25) is 4.79 Å². The van der Waals surface area contributed by atoms with Gasteiger partial charge in [-0.15, -0.1) is 0 Å². The van der Waals surface area contributed by atoms with Crippen LogP contribution in [0.25, 0.3) is 0 Å². The van der Waals surface area contributed by atoms with Crippen molar-refractivity contribution in [3.8, 4) is 0 Å². The van der Waals surface area contributed by atoms with E-state index in [2.05, 4.69) is 27.1 Å². The first kappa shape index (κ1) is 24.7. The number of rotatable bonds is 8. The summed E-state index contributed by atoms with van der Waals surface area (Å²) in [6.45, 7) is 9.18. The fourth-order valence-electron chi connectivity index (χ4n) is 4.13. The highest BCUT2D eigenvalue weighted by Gasteiger charge is 2.26. The molecule has 0 radical (unpaired) electrons. The summed E-state index contributed by atoms with van der Waals surface area (Å²) < 4.78 is 24.2. The van der Waals surface area contributed by atoms with Crippen molar-refractivity contribution in [2.24, 2.45) is 0 Å². The predicted molar refractivity (Wildman–Crippen MR) is 124 cm³/mol. The number of esters is 1. The van der Waals surface area contributed by atoms with Gasteiger partial charge in [-0.05, 0) is 51.6 Å². The number of aromatic amines is 1. The molecule has 1 aliphatic rings. The Hall–Kier alpha value is -2.91. The number of halogens is 1. The first-order chi connectivity index (χ1) is 15.7. The topological polar surface area (TPSA) is 86.9 Å². The first-order valence-corrected chi connectivity index (χ1v) is 11.1. The number of H-pyrrole nitrogens is 1. The van der Waals surface area contributed by atoms with Crippen molar-refractivity contribution >= 4 is 17.6 Å². The van der Waals surface area contributed by atoms with Crippen LogP contribution in [0.4, 0.5) is 10.1 Å². The van der Waals surface area contributed by atoms with Crippen molar-refractivity contribution in [1.82, 2.24) is 15.2 Å². The van der Waals surface area contributed by atoms with E-state index in [9.17, 15) is 14.0 Å². The lowest BCUT2D eigenvalue weighted by Gasteiger charge is -2.36. The molecule has 180 valence electrons. The lowest BCUT2D eigenvalue weighted by atomic mass is 10.0. The summed E-state index contributed by atoms with van der Waals surface area (Å²) in [5.41, 5.74) is 3.32. The molecule has 0 saturated carbocycles. The van der Waals surface area contributed by atoms with Gasteiger partial charge in [0, 0.05) is 50.2 Å². The molecule has 1 aromatic carbocycles. The number of nitrogens with one attached hydrogen (secondary N) is 2. The van der Waals surface area contributed by atoms with Gasteiger partial charge in [-0.25, -0.2) is 9.18 Å². The lowest BCUT2D eigenvalue weighted by Crippen LogP contribution is -2.45. The van der Waals surface area contributed by atoms with Gasteiger partial charge in [-0.1, -0.05) is 0 Å². The zero-order chi connectivity index (χ0) is 24.1. The Bertz CT molecular complexity index is 999. The van der Waals surface area contributed by atoms with Gasteiger partial charge in [0.2, 0.25) is 0 Å². The van der Waals surface area contributed by atoms with Crippen molar-refractivity contribution < 1.29 is 23.5 Å². The summed E-state index contributed by atoms with van der Waals surface area (Å²) in [5.74, 6) is -1.22. The number of nitrogens with zero attached hydrogens (tertiary/aromatic N) is 2. The Morgan fingerprint density at radius 2 is 1.88 bits per heavy atom. The standard InChI is InChI=1S/C24H33FN4O4/c1-15-21(24(31)33-13-12-32-5)17(3)26-22(15)23(30)27-16(2)19-14-18(25)6-7-20(19)29-10-8-28(4)9-11-29/h6-7,14,16,26H,8-13H2,1-5H3,(H,27,30).